The zero-order valence-corrected chi connectivity index (χ0v) is 16.4. The lowest BCUT2D eigenvalue weighted by Crippen LogP contribution is -2.40. The quantitative estimate of drug-likeness (QED) is 0.430. The highest BCUT2D eigenvalue weighted by molar-refractivity contribution is 5.57. The smallest absolute Gasteiger partial charge is 0.378 e. The molecular formula is C22H20F6O3. The van der Waals surface area contributed by atoms with Gasteiger partial charge in [-0.1, -0.05) is 30.3 Å². The third kappa shape index (κ3) is 5.46. The Morgan fingerprint density at radius 2 is 1.55 bits per heavy atom. The van der Waals surface area contributed by atoms with Crippen molar-refractivity contribution in [1.29, 1.82) is 0 Å². The number of halogens is 6. The second-order valence-electron chi connectivity index (χ2n) is 7.43. The highest BCUT2D eigenvalue weighted by Gasteiger charge is 2.39. The molecule has 0 spiro atoms. The fourth-order valence-corrected chi connectivity index (χ4v) is 3.74. The summed E-state index contributed by atoms with van der Waals surface area (Å²) in [5, 5.41) is 0. The van der Waals surface area contributed by atoms with Crippen molar-refractivity contribution in [3.05, 3.63) is 70.8 Å². The fourth-order valence-electron chi connectivity index (χ4n) is 3.74. The maximum Gasteiger partial charge on any atom is 0.416 e. The molecule has 9 heteroatoms. The summed E-state index contributed by atoms with van der Waals surface area (Å²) in [6.07, 6.45) is -11.0. The molecule has 0 N–H and O–H groups in total. The van der Waals surface area contributed by atoms with Gasteiger partial charge >= 0.3 is 12.4 Å². The number of rotatable bonds is 5. The van der Waals surface area contributed by atoms with E-state index in [2.05, 4.69) is 0 Å². The predicted molar refractivity (Wildman–Crippen MR) is 99.3 cm³/mol. The molecule has 0 aliphatic carbocycles. The molecular weight excluding hydrogens is 426 g/mol. The first-order valence-electron chi connectivity index (χ1n) is 9.53. The zero-order valence-electron chi connectivity index (χ0n) is 16.4. The standard InChI is InChI=1S/C22H20F6O3/c1-13(15-7-17(21(23,24)25)9-18(8-15)22(26,27)28)31-19-12-30-11-16(10-29)20(19)14-5-3-2-4-6-14/h2-10,13,16,19-20H,11-12H2,1H3. The van der Waals surface area contributed by atoms with Gasteiger partial charge in [-0.05, 0) is 36.2 Å². The van der Waals surface area contributed by atoms with Crippen molar-refractivity contribution in [1.82, 2.24) is 0 Å². The Hall–Kier alpha value is -2.39. The van der Waals surface area contributed by atoms with Crippen LogP contribution in [0.15, 0.2) is 48.5 Å². The van der Waals surface area contributed by atoms with Crippen LogP contribution in [-0.4, -0.2) is 25.6 Å². The number of carbonyl (C=O) groups excluding carboxylic acids is 1. The van der Waals surface area contributed by atoms with Gasteiger partial charge in [0.15, 0.2) is 0 Å². The lowest BCUT2D eigenvalue weighted by molar-refractivity contribution is -0.144. The molecule has 4 unspecified atom stereocenters. The van der Waals surface area contributed by atoms with Gasteiger partial charge in [0.1, 0.15) is 6.29 Å². The first-order valence-corrected chi connectivity index (χ1v) is 9.53. The summed E-state index contributed by atoms with van der Waals surface area (Å²) < 4.78 is 90.3. The molecule has 1 fully saturated rings. The van der Waals surface area contributed by atoms with Gasteiger partial charge < -0.3 is 14.3 Å². The minimum absolute atomic E-state index is 0.0549. The Balaban J connectivity index is 1.93. The Morgan fingerprint density at radius 3 is 2.06 bits per heavy atom. The Morgan fingerprint density at radius 1 is 0.968 bits per heavy atom. The van der Waals surface area contributed by atoms with Crippen LogP contribution in [-0.2, 0) is 26.6 Å². The molecule has 1 aliphatic heterocycles. The number of carbonyl (C=O) groups is 1. The van der Waals surface area contributed by atoms with Crippen LogP contribution in [0.4, 0.5) is 26.3 Å². The molecule has 168 valence electrons. The van der Waals surface area contributed by atoms with Crippen LogP contribution in [0.2, 0.25) is 0 Å². The summed E-state index contributed by atoms with van der Waals surface area (Å²) in [6, 6.07) is 10.3. The predicted octanol–water partition coefficient (Wildman–Crippen LogP) is 5.80. The van der Waals surface area contributed by atoms with Gasteiger partial charge in [0.05, 0.1) is 36.5 Å². The van der Waals surface area contributed by atoms with Crippen molar-refractivity contribution in [2.45, 2.75) is 37.4 Å². The van der Waals surface area contributed by atoms with Crippen LogP contribution >= 0.6 is 0 Å². The number of ether oxygens (including phenoxy) is 2. The van der Waals surface area contributed by atoms with Crippen molar-refractivity contribution in [2.75, 3.05) is 13.2 Å². The summed E-state index contributed by atoms with van der Waals surface area (Å²) in [5.74, 6) is -0.997. The van der Waals surface area contributed by atoms with Crippen LogP contribution in [0.1, 0.15) is 41.2 Å². The number of alkyl halides is 6. The molecule has 31 heavy (non-hydrogen) atoms. The van der Waals surface area contributed by atoms with Gasteiger partial charge in [0.2, 0.25) is 0 Å². The van der Waals surface area contributed by atoms with E-state index in [0.29, 0.717) is 12.1 Å². The molecule has 0 saturated carbocycles. The molecule has 0 amide bonds. The van der Waals surface area contributed by atoms with Crippen LogP contribution in [0.25, 0.3) is 0 Å². The third-order valence-electron chi connectivity index (χ3n) is 5.27. The highest BCUT2D eigenvalue weighted by atomic mass is 19.4. The summed E-state index contributed by atoms with van der Waals surface area (Å²) >= 11 is 0. The van der Waals surface area contributed by atoms with Gasteiger partial charge in [0.25, 0.3) is 0 Å². The van der Waals surface area contributed by atoms with Crippen LogP contribution < -0.4 is 0 Å². The first-order chi connectivity index (χ1) is 14.5. The number of benzene rings is 2. The normalized spacial score (nSPS) is 23.4. The van der Waals surface area contributed by atoms with E-state index in [9.17, 15) is 31.1 Å². The molecule has 3 rings (SSSR count). The van der Waals surface area contributed by atoms with E-state index in [1.165, 1.54) is 6.92 Å². The van der Waals surface area contributed by atoms with Crippen molar-refractivity contribution in [3.8, 4) is 0 Å². The van der Waals surface area contributed by atoms with Gasteiger partial charge in [0, 0.05) is 11.8 Å². The Labute approximate surface area is 175 Å². The number of hydrogen-bond acceptors (Lipinski definition) is 3. The summed E-state index contributed by atoms with van der Waals surface area (Å²) in [7, 11) is 0. The monoisotopic (exact) mass is 446 g/mol. The topological polar surface area (TPSA) is 35.5 Å². The summed E-state index contributed by atoms with van der Waals surface area (Å²) in [4.78, 5) is 11.6. The van der Waals surface area contributed by atoms with E-state index in [4.69, 9.17) is 9.47 Å². The zero-order chi connectivity index (χ0) is 22.8. The largest absolute Gasteiger partial charge is 0.416 e. The molecule has 1 aliphatic rings. The van der Waals surface area contributed by atoms with Crippen LogP contribution in [0, 0.1) is 5.92 Å². The Bertz CT molecular complexity index is 862. The number of hydrogen-bond donors (Lipinski definition) is 0. The minimum Gasteiger partial charge on any atom is -0.378 e. The summed E-state index contributed by atoms with van der Waals surface area (Å²) in [5.41, 5.74) is -2.29. The first kappa shape index (κ1) is 23.3. The van der Waals surface area contributed by atoms with E-state index in [1.807, 2.05) is 0 Å². The average Bonchev–Trinajstić information content (AvgIpc) is 2.72. The maximum absolute atomic E-state index is 13.2. The Kier molecular flexibility index (Phi) is 6.76. The van der Waals surface area contributed by atoms with Gasteiger partial charge in [-0.3, -0.25) is 0 Å². The van der Waals surface area contributed by atoms with Crippen molar-refractivity contribution < 1.29 is 40.6 Å². The molecule has 0 radical (unpaired) electrons. The second-order valence-corrected chi connectivity index (χ2v) is 7.43. The molecule has 3 nitrogen and oxygen atoms in total. The van der Waals surface area contributed by atoms with E-state index in [1.54, 1.807) is 30.3 Å². The van der Waals surface area contributed by atoms with Gasteiger partial charge in [-0.15, -0.1) is 0 Å². The summed E-state index contributed by atoms with van der Waals surface area (Å²) in [6.45, 7) is 1.58. The molecule has 2 aromatic carbocycles. The van der Waals surface area contributed by atoms with E-state index in [-0.39, 0.29) is 24.8 Å². The van der Waals surface area contributed by atoms with E-state index >= 15 is 0 Å². The number of aldehydes is 1. The molecule has 1 heterocycles. The average molecular weight is 446 g/mol. The van der Waals surface area contributed by atoms with Crippen molar-refractivity contribution in [2.24, 2.45) is 5.92 Å². The molecule has 1 saturated heterocycles. The fraction of sp³-hybridized carbons (Fsp3) is 0.409. The van der Waals surface area contributed by atoms with Crippen LogP contribution in [0.3, 0.4) is 0 Å². The molecule has 2 aromatic rings. The van der Waals surface area contributed by atoms with E-state index < -0.39 is 47.5 Å². The lowest BCUT2D eigenvalue weighted by Gasteiger charge is -2.37. The van der Waals surface area contributed by atoms with E-state index in [0.717, 1.165) is 11.8 Å². The third-order valence-corrected chi connectivity index (χ3v) is 5.27. The molecule has 4 atom stereocenters. The van der Waals surface area contributed by atoms with Crippen molar-refractivity contribution in [3.63, 3.8) is 0 Å². The molecule has 0 aromatic heterocycles. The minimum atomic E-state index is -4.95. The highest BCUT2D eigenvalue weighted by Crippen LogP contribution is 2.40. The SMILES string of the molecule is CC(OC1COCC(C=O)C1c1ccccc1)c1cc(C(F)(F)F)cc(C(F)(F)F)c1. The van der Waals surface area contributed by atoms with Gasteiger partial charge in [-0.25, -0.2) is 0 Å². The lowest BCUT2D eigenvalue weighted by atomic mass is 9.81. The van der Waals surface area contributed by atoms with Crippen molar-refractivity contribution >= 4 is 6.29 Å². The second kappa shape index (κ2) is 9.00. The van der Waals surface area contributed by atoms with Crippen LogP contribution in [0.5, 0.6) is 0 Å². The molecule has 0 bridgehead atoms. The van der Waals surface area contributed by atoms with Gasteiger partial charge in [-0.2, -0.15) is 26.3 Å². The maximum atomic E-state index is 13.2.